The molecular formula is C19H21N5O2S2. The summed E-state index contributed by atoms with van der Waals surface area (Å²) in [5.41, 5.74) is 0.306. The highest BCUT2D eigenvalue weighted by Crippen LogP contribution is 2.31. The SMILES string of the molecule is Cc1cnc(NC(=O)c2cc(OC3CCCC3)cc(Sc3nccn3C)n2)s1. The summed E-state index contributed by atoms with van der Waals surface area (Å²) in [5.74, 6) is 0.368. The summed E-state index contributed by atoms with van der Waals surface area (Å²) in [6.45, 7) is 1.95. The number of pyridine rings is 1. The van der Waals surface area contributed by atoms with Gasteiger partial charge in [0.2, 0.25) is 0 Å². The number of nitrogens with zero attached hydrogens (tertiary/aromatic N) is 4. The second kappa shape index (κ2) is 8.32. The van der Waals surface area contributed by atoms with Gasteiger partial charge in [-0.05, 0) is 44.4 Å². The molecule has 0 atom stereocenters. The minimum absolute atomic E-state index is 0.200. The Morgan fingerprint density at radius 3 is 2.82 bits per heavy atom. The zero-order chi connectivity index (χ0) is 19.5. The Bertz CT molecular complexity index is 978. The van der Waals surface area contributed by atoms with Gasteiger partial charge in [0.25, 0.3) is 5.91 Å². The molecule has 0 spiro atoms. The normalized spacial score (nSPS) is 14.4. The highest BCUT2D eigenvalue weighted by molar-refractivity contribution is 7.99. The number of carbonyl (C=O) groups excluding carboxylic acids is 1. The van der Waals surface area contributed by atoms with Crippen LogP contribution in [0.2, 0.25) is 0 Å². The number of thiazole rings is 1. The van der Waals surface area contributed by atoms with Crippen LogP contribution in [0.15, 0.2) is 40.9 Å². The predicted octanol–water partition coefficient (Wildman–Crippen LogP) is 4.30. The van der Waals surface area contributed by atoms with Crippen LogP contribution in [0.4, 0.5) is 5.13 Å². The average molecular weight is 416 g/mol. The lowest BCUT2D eigenvalue weighted by molar-refractivity contribution is 0.102. The van der Waals surface area contributed by atoms with Gasteiger partial charge in [-0.15, -0.1) is 11.3 Å². The number of anilines is 1. The van der Waals surface area contributed by atoms with E-state index in [1.165, 1.54) is 35.9 Å². The number of hydrogen-bond donors (Lipinski definition) is 1. The van der Waals surface area contributed by atoms with Crippen molar-refractivity contribution in [3.05, 3.63) is 41.3 Å². The molecular weight excluding hydrogens is 394 g/mol. The van der Waals surface area contributed by atoms with Gasteiger partial charge in [-0.2, -0.15) is 0 Å². The molecule has 0 aliphatic heterocycles. The summed E-state index contributed by atoms with van der Waals surface area (Å²) in [7, 11) is 1.92. The van der Waals surface area contributed by atoms with E-state index in [1.807, 2.05) is 30.8 Å². The van der Waals surface area contributed by atoms with Gasteiger partial charge in [-0.25, -0.2) is 15.0 Å². The summed E-state index contributed by atoms with van der Waals surface area (Å²) in [6, 6.07) is 3.58. The van der Waals surface area contributed by atoms with Crippen molar-refractivity contribution < 1.29 is 9.53 Å². The number of rotatable bonds is 6. The lowest BCUT2D eigenvalue weighted by atomic mass is 10.3. The maximum absolute atomic E-state index is 12.7. The lowest BCUT2D eigenvalue weighted by Crippen LogP contribution is -2.16. The number of aryl methyl sites for hydroxylation is 2. The maximum atomic E-state index is 12.7. The lowest BCUT2D eigenvalue weighted by Gasteiger charge is -2.15. The van der Waals surface area contributed by atoms with E-state index in [4.69, 9.17) is 4.74 Å². The van der Waals surface area contributed by atoms with E-state index in [0.29, 0.717) is 21.6 Å². The Balaban J connectivity index is 1.60. The van der Waals surface area contributed by atoms with Crippen LogP contribution in [-0.4, -0.2) is 31.5 Å². The molecule has 28 heavy (non-hydrogen) atoms. The molecule has 1 aliphatic carbocycles. The molecule has 0 bridgehead atoms. The molecule has 1 fully saturated rings. The first-order valence-electron chi connectivity index (χ1n) is 9.14. The number of aromatic nitrogens is 4. The number of nitrogens with one attached hydrogen (secondary N) is 1. The summed E-state index contributed by atoms with van der Waals surface area (Å²) < 4.78 is 8.05. The predicted molar refractivity (Wildman–Crippen MR) is 109 cm³/mol. The molecule has 1 aliphatic rings. The van der Waals surface area contributed by atoms with E-state index in [0.717, 1.165) is 22.9 Å². The monoisotopic (exact) mass is 415 g/mol. The van der Waals surface area contributed by atoms with Gasteiger partial charge in [-0.3, -0.25) is 10.1 Å². The van der Waals surface area contributed by atoms with Crippen molar-refractivity contribution >= 4 is 34.1 Å². The van der Waals surface area contributed by atoms with Gasteiger partial charge in [-0.1, -0.05) is 0 Å². The molecule has 146 valence electrons. The molecule has 1 amide bonds. The zero-order valence-corrected chi connectivity index (χ0v) is 17.3. The summed E-state index contributed by atoms with van der Waals surface area (Å²) in [4.78, 5) is 26.8. The summed E-state index contributed by atoms with van der Waals surface area (Å²) in [6.07, 6.45) is 10.00. The van der Waals surface area contributed by atoms with Crippen LogP contribution < -0.4 is 10.1 Å². The van der Waals surface area contributed by atoms with Crippen LogP contribution in [0.5, 0.6) is 5.75 Å². The molecule has 0 saturated heterocycles. The van der Waals surface area contributed by atoms with Gasteiger partial charge in [0.1, 0.15) is 16.5 Å². The quantitative estimate of drug-likeness (QED) is 0.646. The highest BCUT2D eigenvalue weighted by atomic mass is 32.2. The van der Waals surface area contributed by atoms with Crippen molar-refractivity contribution in [2.45, 2.75) is 48.9 Å². The number of hydrogen-bond acceptors (Lipinski definition) is 7. The van der Waals surface area contributed by atoms with Crippen LogP contribution in [0.1, 0.15) is 41.0 Å². The van der Waals surface area contributed by atoms with E-state index in [9.17, 15) is 4.79 Å². The fraction of sp³-hybridized carbons (Fsp3) is 0.368. The van der Waals surface area contributed by atoms with E-state index < -0.39 is 0 Å². The van der Waals surface area contributed by atoms with Gasteiger partial charge in [0.05, 0.1) is 6.10 Å². The Morgan fingerprint density at radius 2 is 2.14 bits per heavy atom. The molecule has 1 N–H and O–H groups in total. The Morgan fingerprint density at radius 1 is 1.32 bits per heavy atom. The molecule has 7 nitrogen and oxygen atoms in total. The largest absolute Gasteiger partial charge is 0.490 e. The van der Waals surface area contributed by atoms with Crippen LogP contribution in [0.25, 0.3) is 0 Å². The first kappa shape index (κ1) is 18.9. The van der Waals surface area contributed by atoms with Crippen molar-refractivity contribution in [2.75, 3.05) is 5.32 Å². The highest BCUT2D eigenvalue weighted by Gasteiger charge is 2.19. The van der Waals surface area contributed by atoms with Crippen LogP contribution in [0, 0.1) is 6.92 Å². The molecule has 3 heterocycles. The van der Waals surface area contributed by atoms with Crippen molar-refractivity contribution in [3.8, 4) is 5.75 Å². The van der Waals surface area contributed by atoms with Gasteiger partial charge in [0, 0.05) is 42.6 Å². The van der Waals surface area contributed by atoms with E-state index >= 15 is 0 Å². The van der Waals surface area contributed by atoms with Gasteiger partial charge < -0.3 is 9.30 Å². The molecule has 4 rings (SSSR count). The third-order valence-electron chi connectivity index (χ3n) is 4.43. The Kier molecular flexibility index (Phi) is 5.63. The van der Waals surface area contributed by atoms with Crippen LogP contribution >= 0.6 is 23.1 Å². The Hall–Kier alpha value is -2.39. The number of carbonyl (C=O) groups is 1. The third kappa shape index (κ3) is 4.53. The van der Waals surface area contributed by atoms with Crippen LogP contribution in [-0.2, 0) is 7.05 Å². The molecule has 0 unspecified atom stereocenters. The minimum Gasteiger partial charge on any atom is -0.490 e. The Labute approximate surface area is 171 Å². The van der Waals surface area contributed by atoms with E-state index in [1.54, 1.807) is 18.5 Å². The number of ether oxygens (including phenoxy) is 1. The number of amides is 1. The molecule has 3 aromatic rings. The fourth-order valence-corrected chi connectivity index (χ4v) is 4.52. The molecule has 1 saturated carbocycles. The molecule has 0 aromatic carbocycles. The summed E-state index contributed by atoms with van der Waals surface area (Å²) in [5, 5.41) is 4.85. The smallest absolute Gasteiger partial charge is 0.276 e. The first-order valence-corrected chi connectivity index (χ1v) is 10.8. The zero-order valence-electron chi connectivity index (χ0n) is 15.7. The fourth-order valence-electron chi connectivity index (χ4n) is 3.03. The van der Waals surface area contributed by atoms with Crippen molar-refractivity contribution in [3.63, 3.8) is 0 Å². The third-order valence-corrected chi connectivity index (χ3v) is 6.25. The number of imidazole rings is 1. The topological polar surface area (TPSA) is 81.9 Å². The van der Waals surface area contributed by atoms with Crippen molar-refractivity contribution in [1.29, 1.82) is 0 Å². The maximum Gasteiger partial charge on any atom is 0.276 e. The van der Waals surface area contributed by atoms with Crippen molar-refractivity contribution in [2.24, 2.45) is 7.05 Å². The minimum atomic E-state index is -0.298. The van der Waals surface area contributed by atoms with Crippen LogP contribution in [0.3, 0.4) is 0 Å². The molecule has 3 aromatic heterocycles. The van der Waals surface area contributed by atoms with Gasteiger partial charge >= 0.3 is 0 Å². The second-order valence-electron chi connectivity index (χ2n) is 6.70. The first-order chi connectivity index (χ1) is 13.6. The van der Waals surface area contributed by atoms with E-state index in [-0.39, 0.29) is 12.0 Å². The van der Waals surface area contributed by atoms with Crippen molar-refractivity contribution in [1.82, 2.24) is 19.5 Å². The standard InChI is InChI=1S/C19H21N5O2S2/c1-12-11-21-18(27-12)23-17(25)15-9-14(26-13-5-3-4-6-13)10-16(22-15)28-19-20-7-8-24(19)2/h7-11,13H,3-6H2,1-2H3,(H,21,23,25). The second-order valence-corrected chi connectivity index (χ2v) is 8.93. The average Bonchev–Trinajstić information content (AvgIpc) is 3.40. The summed E-state index contributed by atoms with van der Waals surface area (Å²) >= 11 is 2.83. The van der Waals surface area contributed by atoms with E-state index in [2.05, 4.69) is 20.3 Å². The van der Waals surface area contributed by atoms with Gasteiger partial charge in [0.15, 0.2) is 10.3 Å². The molecule has 9 heteroatoms. The molecule has 0 radical (unpaired) electrons.